The minimum atomic E-state index is -0.206. The lowest BCUT2D eigenvalue weighted by Gasteiger charge is -2.11. The summed E-state index contributed by atoms with van der Waals surface area (Å²) in [5.41, 5.74) is 3.72. The van der Waals surface area contributed by atoms with Gasteiger partial charge in [-0.2, -0.15) is 0 Å². The predicted molar refractivity (Wildman–Crippen MR) is 133 cm³/mol. The van der Waals surface area contributed by atoms with Crippen LogP contribution in [0.15, 0.2) is 52.4 Å². The van der Waals surface area contributed by atoms with Crippen molar-refractivity contribution >= 4 is 66.3 Å². The van der Waals surface area contributed by atoms with Crippen LogP contribution in [0.3, 0.4) is 0 Å². The van der Waals surface area contributed by atoms with Crippen LogP contribution in [-0.4, -0.2) is 44.9 Å². The number of amides is 1. The number of rotatable bonds is 7. The molecule has 0 fully saturated rings. The number of carbonyl (C=O) groups is 1. The third-order valence-corrected chi connectivity index (χ3v) is 7.13. The maximum atomic E-state index is 13.2. The van der Waals surface area contributed by atoms with Gasteiger partial charge in [0.05, 0.1) is 29.1 Å². The predicted octanol–water partition coefficient (Wildman–Crippen LogP) is 4.17. The van der Waals surface area contributed by atoms with Crippen molar-refractivity contribution in [2.45, 2.75) is 18.6 Å². The Balaban J connectivity index is 1.42. The second kappa shape index (κ2) is 8.97. The molecular weight excluding hydrogens is 458 g/mol. The van der Waals surface area contributed by atoms with E-state index in [4.69, 9.17) is 9.72 Å². The normalized spacial score (nSPS) is 11.6. The van der Waals surface area contributed by atoms with Gasteiger partial charge in [0.1, 0.15) is 11.0 Å². The molecule has 33 heavy (non-hydrogen) atoms. The Morgan fingerprint density at radius 2 is 2.09 bits per heavy atom. The van der Waals surface area contributed by atoms with Crippen molar-refractivity contribution in [3.8, 4) is 0 Å². The van der Waals surface area contributed by atoms with Gasteiger partial charge in [-0.15, -0.1) is 0 Å². The number of anilines is 1. The molecule has 5 aromatic rings. The molecule has 0 aliphatic carbocycles. The number of carbonyl (C=O) groups excluding carboxylic acids is 1. The summed E-state index contributed by atoms with van der Waals surface area (Å²) < 4.78 is 7.76. The van der Waals surface area contributed by atoms with E-state index in [-0.39, 0.29) is 17.2 Å². The quantitative estimate of drug-likeness (QED) is 0.268. The second-order valence-electron chi connectivity index (χ2n) is 7.57. The molecule has 0 aliphatic heterocycles. The summed E-state index contributed by atoms with van der Waals surface area (Å²) in [7, 11) is 1.58. The number of hydrogen-bond acceptors (Lipinski definition) is 7. The largest absolute Gasteiger partial charge is 0.383 e. The lowest BCUT2D eigenvalue weighted by molar-refractivity contribution is -0.113. The minimum Gasteiger partial charge on any atom is -0.383 e. The average molecular weight is 480 g/mol. The fourth-order valence-corrected chi connectivity index (χ4v) is 5.44. The number of aromatic nitrogens is 4. The molecule has 0 radical (unpaired) electrons. The molecule has 5 rings (SSSR count). The average Bonchev–Trinajstić information content (AvgIpc) is 3.37. The maximum absolute atomic E-state index is 13.2. The van der Waals surface area contributed by atoms with Crippen LogP contribution in [0.2, 0.25) is 0 Å². The van der Waals surface area contributed by atoms with Crippen LogP contribution in [0, 0.1) is 6.92 Å². The fourth-order valence-electron chi connectivity index (χ4n) is 3.64. The lowest BCUT2D eigenvalue weighted by Crippen LogP contribution is -2.26. The lowest BCUT2D eigenvalue weighted by atomic mass is 10.2. The summed E-state index contributed by atoms with van der Waals surface area (Å²) >= 11 is 2.66. The first-order chi connectivity index (χ1) is 16.0. The van der Waals surface area contributed by atoms with Gasteiger partial charge >= 0.3 is 0 Å². The summed E-state index contributed by atoms with van der Waals surface area (Å²) in [6.07, 6.45) is 0. The molecule has 0 saturated heterocycles. The minimum absolute atomic E-state index is 0.0994. The zero-order valence-corrected chi connectivity index (χ0v) is 19.7. The number of hydrogen-bond donors (Lipinski definition) is 2. The van der Waals surface area contributed by atoms with Crippen LogP contribution in [0.1, 0.15) is 5.56 Å². The van der Waals surface area contributed by atoms with Gasteiger partial charge in [0, 0.05) is 18.0 Å². The van der Waals surface area contributed by atoms with Crippen molar-refractivity contribution in [1.29, 1.82) is 0 Å². The van der Waals surface area contributed by atoms with Gasteiger partial charge in [-0.05, 0) is 30.7 Å². The molecule has 1 amide bonds. The highest BCUT2D eigenvalue weighted by Crippen LogP contribution is 2.28. The molecule has 0 unspecified atom stereocenters. The van der Waals surface area contributed by atoms with Crippen LogP contribution in [-0.2, 0) is 16.1 Å². The standard InChI is InChI=1S/C23H21N5O3S2/c1-13-7-8-16-17(11-13)33-22(25-16)26-18(29)12-32-23-27-19-14-5-3-4-6-15(14)24-20(19)21(30)28(23)9-10-31-2/h3-8,11,24H,9-10,12H2,1-2H3,(H,25,26,29). The van der Waals surface area contributed by atoms with E-state index in [2.05, 4.69) is 15.3 Å². The van der Waals surface area contributed by atoms with Crippen LogP contribution in [0.25, 0.3) is 32.2 Å². The Morgan fingerprint density at radius 1 is 1.24 bits per heavy atom. The molecule has 8 nitrogen and oxygen atoms in total. The molecule has 0 spiro atoms. The molecule has 0 bridgehead atoms. The van der Waals surface area contributed by atoms with Crippen molar-refractivity contribution in [1.82, 2.24) is 19.5 Å². The highest BCUT2D eigenvalue weighted by molar-refractivity contribution is 7.99. The monoisotopic (exact) mass is 479 g/mol. The Morgan fingerprint density at radius 3 is 2.94 bits per heavy atom. The second-order valence-corrected chi connectivity index (χ2v) is 9.54. The van der Waals surface area contributed by atoms with E-state index in [0.29, 0.717) is 34.5 Å². The smallest absolute Gasteiger partial charge is 0.278 e. The number of ether oxygens (including phenoxy) is 1. The fraction of sp³-hybridized carbons (Fsp3) is 0.217. The number of nitrogens with zero attached hydrogens (tertiary/aromatic N) is 3. The topological polar surface area (TPSA) is 102 Å². The van der Waals surface area contributed by atoms with E-state index in [0.717, 1.165) is 26.7 Å². The van der Waals surface area contributed by atoms with E-state index >= 15 is 0 Å². The molecule has 0 saturated carbocycles. The molecule has 0 atom stereocenters. The number of methoxy groups -OCH3 is 1. The number of H-pyrrole nitrogens is 1. The third-order valence-electron chi connectivity index (χ3n) is 5.22. The van der Waals surface area contributed by atoms with Crippen molar-refractivity contribution in [3.05, 3.63) is 58.4 Å². The van der Waals surface area contributed by atoms with Crippen molar-refractivity contribution < 1.29 is 9.53 Å². The molecule has 3 heterocycles. The summed E-state index contributed by atoms with van der Waals surface area (Å²) in [4.78, 5) is 38.2. The number of benzene rings is 2. The Hall–Kier alpha value is -3.21. The van der Waals surface area contributed by atoms with E-state index in [1.54, 1.807) is 11.7 Å². The van der Waals surface area contributed by atoms with Crippen molar-refractivity contribution in [3.63, 3.8) is 0 Å². The molecule has 168 valence electrons. The first kappa shape index (κ1) is 21.6. The molecule has 10 heteroatoms. The Kier molecular flexibility index (Phi) is 5.88. The molecule has 0 aliphatic rings. The number of fused-ring (bicyclic) bond motifs is 4. The van der Waals surface area contributed by atoms with Gasteiger partial charge in [-0.1, -0.05) is 47.4 Å². The number of para-hydroxylation sites is 1. The van der Waals surface area contributed by atoms with Gasteiger partial charge in [-0.3, -0.25) is 14.2 Å². The highest BCUT2D eigenvalue weighted by atomic mass is 32.2. The summed E-state index contributed by atoms with van der Waals surface area (Å²) in [6, 6.07) is 13.6. The maximum Gasteiger partial charge on any atom is 0.278 e. The molecular formula is C23H21N5O3S2. The number of aryl methyl sites for hydroxylation is 1. The van der Waals surface area contributed by atoms with E-state index in [1.807, 2.05) is 49.4 Å². The SMILES string of the molecule is COCCn1c(SCC(=O)Nc2nc3ccc(C)cc3s2)nc2c([nH]c3ccccc32)c1=O. The third kappa shape index (κ3) is 4.24. The molecule has 3 aromatic heterocycles. The number of nitrogens with one attached hydrogen (secondary N) is 2. The van der Waals surface area contributed by atoms with Gasteiger partial charge in [-0.25, -0.2) is 9.97 Å². The van der Waals surface area contributed by atoms with E-state index in [1.165, 1.54) is 23.1 Å². The van der Waals surface area contributed by atoms with Gasteiger partial charge in [0.2, 0.25) is 5.91 Å². The molecule has 2 N–H and O–H groups in total. The van der Waals surface area contributed by atoms with Crippen LogP contribution < -0.4 is 10.9 Å². The van der Waals surface area contributed by atoms with E-state index < -0.39 is 0 Å². The number of thioether (sulfide) groups is 1. The van der Waals surface area contributed by atoms with Crippen LogP contribution in [0.5, 0.6) is 0 Å². The van der Waals surface area contributed by atoms with Gasteiger partial charge in [0.25, 0.3) is 5.56 Å². The highest BCUT2D eigenvalue weighted by Gasteiger charge is 2.17. The van der Waals surface area contributed by atoms with Crippen LogP contribution >= 0.6 is 23.1 Å². The van der Waals surface area contributed by atoms with Crippen LogP contribution in [0.4, 0.5) is 5.13 Å². The Labute approximate surface area is 197 Å². The van der Waals surface area contributed by atoms with Gasteiger partial charge in [0.15, 0.2) is 10.3 Å². The van der Waals surface area contributed by atoms with E-state index in [9.17, 15) is 9.59 Å². The van der Waals surface area contributed by atoms with Crippen molar-refractivity contribution in [2.75, 3.05) is 24.8 Å². The zero-order chi connectivity index (χ0) is 22.9. The number of aromatic amines is 1. The first-order valence-corrected chi connectivity index (χ1v) is 12.1. The zero-order valence-electron chi connectivity index (χ0n) is 18.0. The summed E-state index contributed by atoms with van der Waals surface area (Å²) in [5.74, 6) is -0.107. The first-order valence-electron chi connectivity index (χ1n) is 10.3. The Bertz CT molecular complexity index is 1550. The molecule has 2 aromatic carbocycles. The van der Waals surface area contributed by atoms with Crippen molar-refractivity contribution in [2.24, 2.45) is 0 Å². The summed E-state index contributed by atoms with van der Waals surface area (Å²) in [6.45, 7) is 2.72. The van der Waals surface area contributed by atoms with Gasteiger partial charge < -0.3 is 15.0 Å². The number of thiazole rings is 1. The summed E-state index contributed by atoms with van der Waals surface area (Å²) in [5, 5.41) is 4.77.